The van der Waals surface area contributed by atoms with Gasteiger partial charge < -0.3 is 15.3 Å². The largest absolute Gasteiger partial charge is 0.394 e. The quantitative estimate of drug-likeness (QED) is 0.522. The van der Waals surface area contributed by atoms with Crippen LogP contribution in [0.5, 0.6) is 0 Å². The molecular formula is C26H26N6O3. The minimum absolute atomic E-state index is 0.0161. The Bertz CT molecular complexity index is 1310. The zero-order chi connectivity index (χ0) is 24.4. The highest BCUT2D eigenvalue weighted by Crippen LogP contribution is 2.51. The van der Waals surface area contributed by atoms with Crippen molar-refractivity contribution in [3.8, 4) is 17.2 Å². The molecule has 2 fully saturated rings. The van der Waals surface area contributed by atoms with Gasteiger partial charge in [-0.15, -0.1) is 0 Å². The molecular weight excluding hydrogens is 444 g/mol. The van der Waals surface area contributed by atoms with Crippen molar-refractivity contribution in [1.82, 2.24) is 14.8 Å². The molecule has 3 heterocycles. The second kappa shape index (κ2) is 9.31. The fraction of sp³-hybridized carbons (Fsp3) is 0.346. The molecule has 1 saturated carbocycles. The first kappa shape index (κ1) is 22.7. The molecule has 1 saturated heterocycles. The number of nitrogens with one attached hydrogen (secondary N) is 1. The van der Waals surface area contributed by atoms with Crippen molar-refractivity contribution in [2.24, 2.45) is 11.3 Å². The molecule has 0 unspecified atom stereocenters. The van der Waals surface area contributed by atoms with Gasteiger partial charge >= 0.3 is 0 Å². The van der Waals surface area contributed by atoms with Crippen LogP contribution in [0.15, 0.2) is 55.0 Å². The van der Waals surface area contributed by atoms with Crippen molar-refractivity contribution in [3.63, 3.8) is 0 Å². The molecule has 0 bridgehead atoms. The number of benzene rings is 1. The molecule has 1 aliphatic heterocycles. The van der Waals surface area contributed by atoms with Crippen LogP contribution in [0.2, 0.25) is 0 Å². The lowest BCUT2D eigenvalue weighted by molar-refractivity contribution is -0.123. The minimum Gasteiger partial charge on any atom is -0.394 e. The third-order valence-electron chi connectivity index (χ3n) is 6.74. The maximum atomic E-state index is 13.1. The lowest BCUT2D eigenvalue weighted by Crippen LogP contribution is -2.35. The van der Waals surface area contributed by atoms with E-state index in [4.69, 9.17) is 5.11 Å². The molecule has 2 amide bonds. The summed E-state index contributed by atoms with van der Waals surface area (Å²) < 4.78 is 1.67. The number of aliphatic hydroxyl groups excluding tert-OH is 1. The fourth-order valence-electron chi connectivity index (χ4n) is 4.76. The third-order valence-corrected chi connectivity index (χ3v) is 6.74. The number of amides is 2. The highest BCUT2D eigenvalue weighted by Gasteiger charge is 2.56. The first-order valence-corrected chi connectivity index (χ1v) is 11.7. The summed E-state index contributed by atoms with van der Waals surface area (Å²) in [6.07, 6.45) is 7.70. The molecule has 0 spiro atoms. The van der Waals surface area contributed by atoms with Gasteiger partial charge in [0.15, 0.2) is 0 Å². The van der Waals surface area contributed by atoms with Crippen molar-refractivity contribution < 1.29 is 14.7 Å². The molecule has 9 heteroatoms. The van der Waals surface area contributed by atoms with Crippen LogP contribution >= 0.6 is 0 Å². The number of aromatic nitrogens is 3. The number of pyridine rings is 1. The van der Waals surface area contributed by atoms with E-state index in [1.54, 1.807) is 34.1 Å². The van der Waals surface area contributed by atoms with Crippen molar-refractivity contribution in [2.45, 2.75) is 32.2 Å². The maximum Gasteiger partial charge on any atom is 0.247 e. The Hall–Kier alpha value is -4.03. The highest BCUT2D eigenvalue weighted by molar-refractivity contribution is 6.02. The number of nitrogens with zero attached hydrogens (tertiary/aromatic N) is 5. The van der Waals surface area contributed by atoms with E-state index in [-0.39, 0.29) is 30.8 Å². The van der Waals surface area contributed by atoms with E-state index in [1.165, 1.54) is 0 Å². The van der Waals surface area contributed by atoms with Crippen LogP contribution in [0, 0.1) is 22.7 Å². The van der Waals surface area contributed by atoms with Crippen LogP contribution in [-0.4, -0.2) is 44.8 Å². The number of anilines is 2. The first-order valence-electron chi connectivity index (χ1n) is 11.7. The Morgan fingerprint density at radius 1 is 1.26 bits per heavy atom. The van der Waals surface area contributed by atoms with Crippen molar-refractivity contribution >= 4 is 23.3 Å². The Balaban J connectivity index is 1.25. The predicted molar refractivity (Wildman–Crippen MR) is 129 cm³/mol. The van der Waals surface area contributed by atoms with Gasteiger partial charge in [-0.05, 0) is 42.4 Å². The number of hydrogen-bond donors (Lipinski definition) is 2. The van der Waals surface area contributed by atoms with Gasteiger partial charge in [0.05, 0.1) is 31.8 Å². The summed E-state index contributed by atoms with van der Waals surface area (Å²) in [6.45, 7) is 0.930. The summed E-state index contributed by atoms with van der Waals surface area (Å²) >= 11 is 0. The van der Waals surface area contributed by atoms with E-state index in [1.807, 2.05) is 30.5 Å². The molecule has 1 aliphatic carbocycles. The molecule has 178 valence electrons. The van der Waals surface area contributed by atoms with Crippen LogP contribution in [0.25, 0.3) is 11.1 Å². The standard InChI is InChI=1S/C26H26N6O3/c27-17-26(21-4-5-21)7-9-32(25(26)35)22-6-8-28-23(14-22)30-24(34)13-18-2-1-3-19(12-18)20-15-29-31(16-20)10-11-33/h1-3,6,8,12,14-16,21,33H,4-5,7,9-11,13H2,(H,28,30,34)/t26-/m1/s1. The summed E-state index contributed by atoms with van der Waals surface area (Å²) in [7, 11) is 0. The van der Waals surface area contributed by atoms with Crippen LogP contribution in [-0.2, 0) is 22.6 Å². The van der Waals surface area contributed by atoms with Crippen LogP contribution < -0.4 is 10.2 Å². The zero-order valence-corrected chi connectivity index (χ0v) is 19.2. The zero-order valence-electron chi connectivity index (χ0n) is 19.2. The highest BCUT2D eigenvalue weighted by atomic mass is 16.3. The van der Waals surface area contributed by atoms with Gasteiger partial charge in [0.2, 0.25) is 11.8 Å². The van der Waals surface area contributed by atoms with E-state index in [0.717, 1.165) is 29.5 Å². The molecule has 2 N–H and O–H groups in total. The molecule has 1 aromatic carbocycles. The number of nitriles is 1. The number of hydrogen-bond acceptors (Lipinski definition) is 6. The molecule has 0 radical (unpaired) electrons. The minimum atomic E-state index is -0.910. The molecule has 2 aromatic heterocycles. The lowest BCUT2D eigenvalue weighted by Gasteiger charge is -2.21. The van der Waals surface area contributed by atoms with Crippen molar-refractivity contribution in [1.29, 1.82) is 5.26 Å². The molecule has 35 heavy (non-hydrogen) atoms. The number of rotatable bonds is 8. The van der Waals surface area contributed by atoms with Crippen molar-refractivity contribution in [2.75, 3.05) is 23.4 Å². The van der Waals surface area contributed by atoms with E-state index in [2.05, 4.69) is 21.5 Å². The summed E-state index contributed by atoms with van der Waals surface area (Å²) in [5.41, 5.74) is 2.41. The maximum absolute atomic E-state index is 13.1. The SMILES string of the molecule is N#C[C@@]1(C2CC2)CCN(c2ccnc(NC(=O)Cc3cccc(-c4cnn(CCO)c4)c3)c2)C1=O. The van der Waals surface area contributed by atoms with Gasteiger partial charge in [0.1, 0.15) is 11.2 Å². The van der Waals surface area contributed by atoms with Crippen LogP contribution in [0.3, 0.4) is 0 Å². The fourth-order valence-corrected chi connectivity index (χ4v) is 4.76. The summed E-state index contributed by atoms with van der Waals surface area (Å²) in [5, 5.41) is 25.8. The Morgan fingerprint density at radius 3 is 2.89 bits per heavy atom. The molecule has 5 rings (SSSR count). The predicted octanol–water partition coefficient (Wildman–Crippen LogP) is 2.78. The smallest absolute Gasteiger partial charge is 0.247 e. The Kier molecular flexibility index (Phi) is 6.05. The van der Waals surface area contributed by atoms with E-state index < -0.39 is 5.41 Å². The first-order chi connectivity index (χ1) is 17.0. The summed E-state index contributed by atoms with van der Waals surface area (Å²) in [5.74, 6) is 0.151. The van der Waals surface area contributed by atoms with Gasteiger partial charge in [-0.25, -0.2) is 4.98 Å². The van der Waals surface area contributed by atoms with E-state index in [9.17, 15) is 14.9 Å². The molecule has 2 aliphatic rings. The normalized spacial score (nSPS) is 19.5. The number of carbonyl (C=O) groups is 2. The average molecular weight is 471 g/mol. The van der Waals surface area contributed by atoms with E-state index in [0.29, 0.717) is 31.0 Å². The van der Waals surface area contributed by atoms with E-state index >= 15 is 0 Å². The van der Waals surface area contributed by atoms with Gasteiger partial charge in [0.25, 0.3) is 0 Å². The second-order valence-corrected chi connectivity index (χ2v) is 9.10. The van der Waals surface area contributed by atoms with Crippen LogP contribution in [0.1, 0.15) is 24.8 Å². The average Bonchev–Trinajstić information content (AvgIpc) is 3.51. The molecule has 3 aromatic rings. The number of carbonyl (C=O) groups excluding carboxylic acids is 2. The van der Waals surface area contributed by atoms with Crippen molar-refractivity contribution in [3.05, 3.63) is 60.6 Å². The molecule has 9 nitrogen and oxygen atoms in total. The van der Waals surface area contributed by atoms with Gasteiger partial charge in [-0.1, -0.05) is 24.3 Å². The van der Waals surface area contributed by atoms with Gasteiger partial charge in [0, 0.05) is 36.3 Å². The van der Waals surface area contributed by atoms with Crippen LogP contribution in [0.4, 0.5) is 11.5 Å². The summed E-state index contributed by atoms with van der Waals surface area (Å²) in [4.78, 5) is 31.7. The topological polar surface area (TPSA) is 124 Å². The Labute approximate surface area is 203 Å². The van der Waals surface area contributed by atoms with Gasteiger partial charge in [-0.2, -0.15) is 10.4 Å². The number of aliphatic hydroxyl groups is 1. The molecule has 1 atom stereocenters. The monoisotopic (exact) mass is 470 g/mol. The second-order valence-electron chi connectivity index (χ2n) is 9.10. The lowest BCUT2D eigenvalue weighted by atomic mass is 9.83. The summed E-state index contributed by atoms with van der Waals surface area (Å²) in [6, 6.07) is 13.4. The third kappa shape index (κ3) is 4.53. The Morgan fingerprint density at radius 2 is 2.11 bits per heavy atom. The van der Waals surface area contributed by atoms with Gasteiger partial charge in [-0.3, -0.25) is 14.3 Å².